The topological polar surface area (TPSA) is 71.7 Å². The minimum absolute atomic E-state index is 0.102. The lowest BCUT2D eigenvalue weighted by Crippen LogP contribution is -2.07. The Balaban J connectivity index is 1.69. The molecule has 0 amide bonds. The van der Waals surface area contributed by atoms with E-state index in [0.717, 1.165) is 35.7 Å². The Bertz CT molecular complexity index is 1060. The van der Waals surface area contributed by atoms with Crippen molar-refractivity contribution in [3.05, 3.63) is 72.7 Å². The zero-order chi connectivity index (χ0) is 18.6. The molecule has 6 nitrogen and oxygen atoms in total. The lowest BCUT2D eigenvalue weighted by Gasteiger charge is -2.10. The summed E-state index contributed by atoms with van der Waals surface area (Å²) >= 11 is 0. The molecule has 136 valence electrons. The molecule has 0 radical (unpaired) electrons. The maximum absolute atomic E-state index is 9.88. The predicted octanol–water partition coefficient (Wildman–Crippen LogP) is 3.77. The standard InChI is InChI=1S/C21H20N4O2/c1-27-18-13-16(7-8-17(18)26)20-21(25-12-11-22-14-19(25)24-20)23-10-9-15-5-3-2-4-6-15/h2-8,11-14,23,26H,9-10H2,1H3. The van der Waals surface area contributed by atoms with Crippen LogP contribution < -0.4 is 10.1 Å². The van der Waals surface area contributed by atoms with Gasteiger partial charge < -0.3 is 15.2 Å². The van der Waals surface area contributed by atoms with Crippen LogP contribution in [0.3, 0.4) is 0 Å². The average molecular weight is 360 g/mol. The van der Waals surface area contributed by atoms with Crippen molar-refractivity contribution in [3.63, 3.8) is 0 Å². The van der Waals surface area contributed by atoms with Crippen LogP contribution in [-0.2, 0) is 6.42 Å². The van der Waals surface area contributed by atoms with Gasteiger partial charge in [0.15, 0.2) is 17.1 Å². The number of nitrogens with one attached hydrogen (secondary N) is 1. The van der Waals surface area contributed by atoms with Crippen molar-refractivity contribution in [2.24, 2.45) is 0 Å². The van der Waals surface area contributed by atoms with Gasteiger partial charge in [0.1, 0.15) is 11.5 Å². The fraction of sp³-hybridized carbons (Fsp3) is 0.143. The van der Waals surface area contributed by atoms with E-state index in [2.05, 4.69) is 22.4 Å². The van der Waals surface area contributed by atoms with Gasteiger partial charge in [0.2, 0.25) is 0 Å². The Morgan fingerprint density at radius 2 is 2.00 bits per heavy atom. The van der Waals surface area contributed by atoms with Crippen molar-refractivity contribution in [1.82, 2.24) is 14.4 Å². The first-order valence-corrected chi connectivity index (χ1v) is 8.73. The monoisotopic (exact) mass is 360 g/mol. The number of aromatic nitrogens is 3. The van der Waals surface area contributed by atoms with Gasteiger partial charge in [-0.05, 0) is 30.2 Å². The van der Waals surface area contributed by atoms with Gasteiger partial charge in [0.05, 0.1) is 13.3 Å². The van der Waals surface area contributed by atoms with Crippen LogP contribution in [0.1, 0.15) is 5.56 Å². The third kappa shape index (κ3) is 3.42. The summed E-state index contributed by atoms with van der Waals surface area (Å²) in [6, 6.07) is 15.6. The van der Waals surface area contributed by atoms with E-state index in [9.17, 15) is 5.11 Å². The zero-order valence-electron chi connectivity index (χ0n) is 15.0. The molecular formula is C21H20N4O2. The van der Waals surface area contributed by atoms with Crippen molar-refractivity contribution >= 4 is 11.5 Å². The third-order valence-corrected chi connectivity index (χ3v) is 4.43. The highest BCUT2D eigenvalue weighted by atomic mass is 16.5. The van der Waals surface area contributed by atoms with Crippen LogP contribution in [0.5, 0.6) is 11.5 Å². The first kappa shape index (κ1) is 16.9. The summed E-state index contributed by atoms with van der Waals surface area (Å²) in [6.45, 7) is 0.766. The third-order valence-electron chi connectivity index (χ3n) is 4.43. The number of hydrogen-bond acceptors (Lipinski definition) is 5. The number of rotatable bonds is 6. The summed E-state index contributed by atoms with van der Waals surface area (Å²) < 4.78 is 7.22. The Morgan fingerprint density at radius 3 is 2.81 bits per heavy atom. The van der Waals surface area contributed by atoms with Crippen molar-refractivity contribution in [1.29, 1.82) is 0 Å². The smallest absolute Gasteiger partial charge is 0.161 e. The van der Waals surface area contributed by atoms with E-state index in [1.807, 2.05) is 34.9 Å². The van der Waals surface area contributed by atoms with Gasteiger partial charge in [-0.15, -0.1) is 0 Å². The van der Waals surface area contributed by atoms with Gasteiger partial charge in [0, 0.05) is 24.5 Å². The van der Waals surface area contributed by atoms with E-state index in [4.69, 9.17) is 9.72 Å². The van der Waals surface area contributed by atoms with Crippen molar-refractivity contribution < 1.29 is 9.84 Å². The number of phenols is 1. The van der Waals surface area contributed by atoms with E-state index in [1.54, 1.807) is 24.5 Å². The summed E-state index contributed by atoms with van der Waals surface area (Å²) in [5, 5.41) is 13.4. The molecule has 27 heavy (non-hydrogen) atoms. The Hall–Kier alpha value is -3.54. The van der Waals surface area contributed by atoms with E-state index in [1.165, 1.54) is 12.7 Å². The number of phenolic OH excluding ortho intramolecular Hbond substituents is 1. The Labute approximate surface area is 157 Å². The summed E-state index contributed by atoms with van der Waals surface area (Å²) in [4.78, 5) is 8.88. The molecule has 0 saturated carbocycles. The van der Waals surface area contributed by atoms with Crippen LogP contribution in [0.15, 0.2) is 67.1 Å². The summed E-state index contributed by atoms with van der Waals surface area (Å²) in [5.74, 6) is 1.40. The van der Waals surface area contributed by atoms with E-state index >= 15 is 0 Å². The van der Waals surface area contributed by atoms with Crippen LogP contribution in [0.2, 0.25) is 0 Å². The fourth-order valence-corrected chi connectivity index (χ4v) is 3.07. The molecule has 0 aliphatic rings. The molecule has 0 bridgehead atoms. The number of imidazole rings is 1. The second-order valence-electron chi connectivity index (χ2n) is 6.16. The number of anilines is 1. The van der Waals surface area contributed by atoms with Crippen LogP contribution >= 0.6 is 0 Å². The number of aromatic hydroxyl groups is 1. The van der Waals surface area contributed by atoms with Crippen LogP contribution in [0.25, 0.3) is 16.9 Å². The van der Waals surface area contributed by atoms with Gasteiger partial charge in [-0.3, -0.25) is 9.38 Å². The second-order valence-corrected chi connectivity index (χ2v) is 6.16. The van der Waals surface area contributed by atoms with Gasteiger partial charge in [-0.1, -0.05) is 30.3 Å². The van der Waals surface area contributed by atoms with E-state index in [0.29, 0.717) is 5.75 Å². The van der Waals surface area contributed by atoms with E-state index < -0.39 is 0 Å². The molecule has 2 heterocycles. The molecule has 0 aliphatic carbocycles. The maximum atomic E-state index is 9.88. The highest BCUT2D eigenvalue weighted by Crippen LogP contribution is 2.34. The van der Waals surface area contributed by atoms with Gasteiger partial charge >= 0.3 is 0 Å². The maximum Gasteiger partial charge on any atom is 0.161 e. The number of ether oxygens (including phenoxy) is 1. The van der Waals surface area contributed by atoms with Crippen LogP contribution in [0, 0.1) is 0 Å². The lowest BCUT2D eigenvalue weighted by molar-refractivity contribution is 0.373. The normalized spacial score (nSPS) is 10.9. The molecular weight excluding hydrogens is 340 g/mol. The largest absolute Gasteiger partial charge is 0.504 e. The molecule has 0 aliphatic heterocycles. The first-order valence-electron chi connectivity index (χ1n) is 8.73. The first-order chi connectivity index (χ1) is 13.3. The number of benzene rings is 2. The average Bonchev–Trinajstić information content (AvgIpc) is 3.08. The second kappa shape index (κ2) is 7.37. The Morgan fingerprint density at radius 1 is 1.15 bits per heavy atom. The number of nitrogens with zero attached hydrogens (tertiary/aromatic N) is 3. The van der Waals surface area contributed by atoms with Crippen LogP contribution in [0.4, 0.5) is 5.82 Å². The van der Waals surface area contributed by atoms with Crippen molar-refractivity contribution in [3.8, 4) is 22.8 Å². The quantitative estimate of drug-likeness (QED) is 0.548. The number of methoxy groups -OCH3 is 1. The van der Waals surface area contributed by atoms with E-state index in [-0.39, 0.29) is 5.75 Å². The molecule has 4 rings (SSSR count). The highest BCUT2D eigenvalue weighted by Gasteiger charge is 2.15. The van der Waals surface area contributed by atoms with Gasteiger partial charge in [-0.25, -0.2) is 4.98 Å². The van der Waals surface area contributed by atoms with Gasteiger partial charge in [0.25, 0.3) is 0 Å². The minimum Gasteiger partial charge on any atom is -0.504 e. The molecule has 0 fully saturated rings. The molecule has 0 spiro atoms. The van der Waals surface area contributed by atoms with Gasteiger partial charge in [-0.2, -0.15) is 0 Å². The number of fused-ring (bicyclic) bond motifs is 1. The minimum atomic E-state index is 0.102. The van der Waals surface area contributed by atoms with Crippen molar-refractivity contribution in [2.45, 2.75) is 6.42 Å². The summed E-state index contributed by atoms with van der Waals surface area (Å²) in [7, 11) is 1.53. The summed E-state index contributed by atoms with van der Waals surface area (Å²) in [5.41, 5.74) is 3.67. The molecule has 2 N–H and O–H groups in total. The molecule has 0 atom stereocenters. The molecule has 2 aromatic carbocycles. The zero-order valence-corrected chi connectivity index (χ0v) is 15.0. The number of hydrogen-bond donors (Lipinski definition) is 2. The Kier molecular flexibility index (Phi) is 4.61. The summed E-state index contributed by atoms with van der Waals surface area (Å²) in [6.07, 6.45) is 6.24. The van der Waals surface area contributed by atoms with Crippen molar-refractivity contribution in [2.75, 3.05) is 19.0 Å². The highest BCUT2D eigenvalue weighted by molar-refractivity contribution is 5.77. The molecule has 0 unspecified atom stereocenters. The predicted molar refractivity (Wildman–Crippen MR) is 105 cm³/mol. The van der Waals surface area contributed by atoms with Crippen LogP contribution in [-0.4, -0.2) is 33.1 Å². The molecule has 6 heteroatoms. The SMILES string of the molecule is COc1cc(-c2nc3cnccn3c2NCCc2ccccc2)ccc1O. The molecule has 4 aromatic rings. The molecule has 2 aromatic heterocycles. The lowest BCUT2D eigenvalue weighted by atomic mass is 10.1. The fourth-order valence-electron chi connectivity index (χ4n) is 3.07. The molecule has 0 saturated heterocycles.